The molecule has 2 atom stereocenters. The lowest BCUT2D eigenvalue weighted by molar-refractivity contribution is 0.158. The van der Waals surface area contributed by atoms with Gasteiger partial charge in [-0.3, -0.25) is 4.90 Å². The van der Waals surface area contributed by atoms with Gasteiger partial charge in [-0.15, -0.1) is 0 Å². The molecule has 0 aromatic carbocycles. The van der Waals surface area contributed by atoms with E-state index in [2.05, 4.69) is 51.8 Å². The molecule has 0 heterocycles. The molecule has 0 aliphatic carbocycles. The van der Waals surface area contributed by atoms with E-state index in [1.54, 1.807) is 0 Å². The van der Waals surface area contributed by atoms with Crippen LogP contribution in [-0.2, 0) is 0 Å². The second-order valence-electron chi connectivity index (χ2n) is 4.90. The highest BCUT2D eigenvalue weighted by molar-refractivity contribution is 4.74. The van der Waals surface area contributed by atoms with E-state index in [0.29, 0.717) is 18.1 Å². The van der Waals surface area contributed by atoms with Gasteiger partial charge in [-0.2, -0.15) is 0 Å². The van der Waals surface area contributed by atoms with Gasteiger partial charge in [-0.05, 0) is 47.1 Å². The number of hydrogen-bond donors (Lipinski definition) is 1. The summed E-state index contributed by atoms with van der Waals surface area (Å²) in [4.78, 5) is 2.58. The lowest BCUT2D eigenvalue weighted by atomic mass is 10.2. The van der Waals surface area contributed by atoms with Crippen molar-refractivity contribution in [2.24, 2.45) is 0 Å². The van der Waals surface area contributed by atoms with E-state index in [9.17, 15) is 0 Å². The molecule has 0 saturated heterocycles. The van der Waals surface area contributed by atoms with Crippen LogP contribution in [0.3, 0.4) is 0 Å². The lowest BCUT2D eigenvalue weighted by Crippen LogP contribution is -2.46. The predicted molar refractivity (Wildman–Crippen MR) is 69.4 cm³/mol. The van der Waals surface area contributed by atoms with Crippen LogP contribution < -0.4 is 5.32 Å². The smallest absolute Gasteiger partial charge is 0.0195 e. The molecule has 0 radical (unpaired) electrons. The summed E-state index contributed by atoms with van der Waals surface area (Å²) in [6.45, 7) is 16.0. The SMILES string of the molecule is CCCN(C(C)C)C(C)CNC(C)CC. The van der Waals surface area contributed by atoms with Gasteiger partial charge in [0, 0.05) is 24.7 Å². The van der Waals surface area contributed by atoms with Crippen LogP contribution in [0.2, 0.25) is 0 Å². The highest BCUT2D eigenvalue weighted by atomic mass is 15.2. The molecule has 0 amide bonds. The third-order valence-corrected chi connectivity index (χ3v) is 3.09. The van der Waals surface area contributed by atoms with Crippen LogP contribution >= 0.6 is 0 Å². The van der Waals surface area contributed by atoms with Gasteiger partial charge in [0.1, 0.15) is 0 Å². The fraction of sp³-hybridized carbons (Fsp3) is 1.00. The summed E-state index contributed by atoms with van der Waals surface area (Å²) in [6.07, 6.45) is 2.45. The Labute approximate surface area is 96.4 Å². The molecule has 0 bridgehead atoms. The Hall–Kier alpha value is -0.0800. The first kappa shape index (κ1) is 14.9. The summed E-state index contributed by atoms with van der Waals surface area (Å²) >= 11 is 0. The monoisotopic (exact) mass is 214 g/mol. The van der Waals surface area contributed by atoms with E-state index in [1.165, 1.54) is 19.4 Å². The summed E-state index contributed by atoms with van der Waals surface area (Å²) in [6, 6.07) is 1.93. The Bertz CT molecular complexity index is 145. The summed E-state index contributed by atoms with van der Waals surface area (Å²) in [5, 5.41) is 3.58. The summed E-state index contributed by atoms with van der Waals surface area (Å²) in [5.74, 6) is 0. The molecule has 0 aromatic heterocycles. The van der Waals surface area contributed by atoms with E-state index in [-0.39, 0.29) is 0 Å². The van der Waals surface area contributed by atoms with Gasteiger partial charge in [0.15, 0.2) is 0 Å². The van der Waals surface area contributed by atoms with Crippen molar-refractivity contribution in [3.63, 3.8) is 0 Å². The van der Waals surface area contributed by atoms with Crippen molar-refractivity contribution in [2.45, 2.75) is 72.5 Å². The van der Waals surface area contributed by atoms with Crippen LogP contribution in [0.1, 0.15) is 54.4 Å². The van der Waals surface area contributed by atoms with Gasteiger partial charge in [0.2, 0.25) is 0 Å². The molecule has 0 aromatic rings. The Kier molecular flexibility index (Phi) is 8.07. The zero-order chi connectivity index (χ0) is 11.8. The minimum atomic E-state index is 0.638. The van der Waals surface area contributed by atoms with Crippen LogP contribution in [0.5, 0.6) is 0 Å². The molecule has 0 rings (SSSR count). The van der Waals surface area contributed by atoms with Crippen LogP contribution in [0.25, 0.3) is 0 Å². The second-order valence-corrected chi connectivity index (χ2v) is 4.90. The normalized spacial score (nSPS) is 16.0. The van der Waals surface area contributed by atoms with Crippen LogP contribution in [-0.4, -0.2) is 36.1 Å². The Morgan fingerprint density at radius 3 is 2.07 bits per heavy atom. The maximum Gasteiger partial charge on any atom is 0.0195 e. The van der Waals surface area contributed by atoms with E-state index in [4.69, 9.17) is 0 Å². The third kappa shape index (κ3) is 6.16. The van der Waals surface area contributed by atoms with Crippen LogP contribution in [0.15, 0.2) is 0 Å². The maximum absolute atomic E-state index is 3.58. The van der Waals surface area contributed by atoms with Crippen molar-refractivity contribution < 1.29 is 0 Å². The van der Waals surface area contributed by atoms with Crippen LogP contribution in [0, 0.1) is 0 Å². The van der Waals surface area contributed by atoms with Gasteiger partial charge in [-0.1, -0.05) is 13.8 Å². The first-order chi connectivity index (χ1) is 7.02. The van der Waals surface area contributed by atoms with Gasteiger partial charge in [-0.25, -0.2) is 0 Å². The van der Waals surface area contributed by atoms with Gasteiger partial charge in [0.25, 0.3) is 0 Å². The van der Waals surface area contributed by atoms with Crippen molar-refractivity contribution in [3.8, 4) is 0 Å². The zero-order valence-electron chi connectivity index (χ0n) is 11.5. The summed E-state index contributed by atoms with van der Waals surface area (Å²) in [5.41, 5.74) is 0. The average Bonchev–Trinajstić information content (AvgIpc) is 2.21. The molecule has 0 saturated carbocycles. The summed E-state index contributed by atoms with van der Waals surface area (Å²) < 4.78 is 0. The predicted octanol–water partition coefficient (Wildman–Crippen LogP) is 2.88. The summed E-state index contributed by atoms with van der Waals surface area (Å²) in [7, 11) is 0. The Balaban J connectivity index is 3.96. The molecular formula is C13H30N2. The standard InChI is InChI=1S/C13H30N2/c1-7-9-15(11(3)4)13(6)10-14-12(5)8-2/h11-14H,7-10H2,1-6H3. The number of hydrogen-bond acceptors (Lipinski definition) is 2. The van der Waals surface area contributed by atoms with Gasteiger partial charge in [0.05, 0.1) is 0 Å². The number of rotatable bonds is 8. The van der Waals surface area contributed by atoms with Crippen molar-refractivity contribution in [2.75, 3.05) is 13.1 Å². The minimum Gasteiger partial charge on any atom is -0.313 e. The number of nitrogens with zero attached hydrogens (tertiary/aromatic N) is 1. The minimum absolute atomic E-state index is 0.638. The number of nitrogens with one attached hydrogen (secondary N) is 1. The van der Waals surface area contributed by atoms with Crippen molar-refractivity contribution in [1.82, 2.24) is 10.2 Å². The molecule has 2 heteroatoms. The van der Waals surface area contributed by atoms with Crippen LogP contribution in [0.4, 0.5) is 0 Å². The Morgan fingerprint density at radius 1 is 1.07 bits per heavy atom. The van der Waals surface area contributed by atoms with E-state index < -0.39 is 0 Å². The lowest BCUT2D eigenvalue weighted by Gasteiger charge is -2.33. The Morgan fingerprint density at radius 2 is 1.67 bits per heavy atom. The molecular weight excluding hydrogens is 184 g/mol. The molecule has 0 aliphatic heterocycles. The largest absolute Gasteiger partial charge is 0.313 e. The first-order valence-electron chi connectivity index (χ1n) is 6.51. The van der Waals surface area contributed by atoms with Crippen molar-refractivity contribution >= 4 is 0 Å². The van der Waals surface area contributed by atoms with E-state index in [0.717, 1.165) is 6.54 Å². The van der Waals surface area contributed by atoms with Gasteiger partial charge < -0.3 is 5.32 Å². The van der Waals surface area contributed by atoms with Crippen molar-refractivity contribution in [1.29, 1.82) is 0 Å². The van der Waals surface area contributed by atoms with E-state index in [1.807, 2.05) is 0 Å². The molecule has 1 N–H and O–H groups in total. The highest BCUT2D eigenvalue weighted by Crippen LogP contribution is 2.06. The molecule has 92 valence electrons. The molecule has 0 aliphatic rings. The van der Waals surface area contributed by atoms with Crippen molar-refractivity contribution in [3.05, 3.63) is 0 Å². The molecule has 2 nitrogen and oxygen atoms in total. The zero-order valence-corrected chi connectivity index (χ0v) is 11.5. The molecule has 2 unspecified atom stereocenters. The maximum atomic E-state index is 3.58. The third-order valence-electron chi connectivity index (χ3n) is 3.09. The molecule has 0 fully saturated rings. The first-order valence-corrected chi connectivity index (χ1v) is 6.51. The molecule has 0 spiro atoms. The highest BCUT2D eigenvalue weighted by Gasteiger charge is 2.15. The molecule has 15 heavy (non-hydrogen) atoms. The fourth-order valence-electron chi connectivity index (χ4n) is 1.88. The van der Waals surface area contributed by atoms with E-state index >= 15 is 0 Å². The quantitative estimate of drug-likeness (QED) is 0.668. The topological polar surface area (TPSA) is 15.3 Å². The van der Waals surface area contributed by atoms with Gasteiger partial charge >= 0.3 is 0 Å². The average molecular weight is 214 g/mol. The second kappa shape index (κ2) is 8.12. The fourth-order valence-corrected chi connectivity index (χ4v) is 1.88.